The molecule has 2 aromatic rings. The van der Waals surface area contributed by atoms with Crippen LogP contribution in [0.3, 0.4) is 0 Å². The maximum atomic E-state index is 8.94. The fourth-order valence-corrected chi connectivity index (χ4v) is 2.18. The van der Waals surface area contributed by atoms with Gasteiger partial charge in [0.05, 0.1) is 11.6 Å². The van der Waals surface area contributed by atoms with Crippen molar-refractivity contribution in [1.29, 1.82) is 5.26 Å². The van der Waals surface area contributed by atoms with E-state index in [0.717, 1.165) is 17.8 Å². The summed E-state index contributed by atoms with van der Waals surface area (Å²) in [6.45, 7) is 7.07. The van der Waals surface area contributed by atoms with Crippen LogP contribution in [0.2, 0.25) is 0 Å². The maximum Gasteiger partial charge on any atom is 0.0992 e. The van der Waals surface area contributed by atoms with Crippen LogP contribution in [-0.4, -0.2) is 4.57 Å². The van der Waals surface area contributed by atoms with Crippen molar-refractivity contribution in [2.24, 2.45) is 7.05 Å². The largest absolute Gasteiger partial charge is 0.381 e. The van der Waals surface area contributed by atoms with Gasteiger partial charge in [0, 0.05) is 30.7 Å². The monoisotopic (exact) mass is 253 g/mol. The Labute approximate surface area is 114 Å². The minimum Gasteiger partial charge on any atom is -0.381 e. The average Bonchev–Trinajstić information content (AvgIpc) is 2.65. The molecule has 1 aromatic heterocycles. The highest BCUT2D eigenvalue weighted by atomic mass is 15.0. The molecule has 1 aromatic carbocycles. The summed E-state index contributed by atoms with van der Waals surface area (Å²) in [7, 11) is 2.08. The van der Waals surface area contributed by atoms with Crippen LogP contribution in [-0.2, 0) is 13.6 Å². The first-order chi connectivity index (χ1) is 9.02. The summed E-state index contributed by atoms with van der Waals surface area (Å²) in [6, 6.07) is 10.1. The van der Waals surface area contributed by atoms with Crippen LogP contribution in [0, 0.1) is 32.1 Å². The molecule has 1 heterocycles. The summed E-state index contributed by atoms with van der Waals surface area (Å²) in [5.74, 6) is 0. The third kappa shape index (κ3) is 2.63. The van der Waals surface area contributed by atoms with E-state index in [4.69, 9.17) is 5.26 Å². The van der Waals surface area contributed by atoms with E-state index in [1.54, 1.807) is 0 Å². The number of anilines is 1. The van der Waals surface area contributed by atoms with Crippen LogP contribution in [0.4, 0.5) is 5.69 Å². The van der Waals surface area contributed by atoms with Gasteiger partial charge in [0.15, 0.2) is 0 Å². The Kier molecular flexibility index (Phi) is 3.62. The van der Waals surface area contributed by atoms with E-state index in [9.17, 15) is 0 Å². The molecule has 19 heavy (non-hydrogen) atoms. The van der Waals surface area contributed by atoms with Gasteiger partial charge in [0.25, 0.3) is 0 Å². The molecule has 0 amide bonds. The van der Waals surface area contributed by atoms with Gasteiger partial charge in [0.1, 0.15) is 0 Å². The fourth-order valence-electron chi connectivity index (χ4n) is 2.18. The zero-order valence-corrected chi connectivity index (χ0v) is 11.9. The average molecular weight is 253 g/mol. The number of nitrogens with one attached hydrogen (secondary N) is 1. The van der Waals surface area contributed by atoms with E-state index in [-0.39, 0.29) is 0 Å². The van der Waals surface area contributed by atoms with Crippen molar-refractivity contribution in [2.45, 2.75) is 27.3 Å². The molecule has 0 aliphatic carbocycles. The number of aromatic nitrogens is 1. The van der Waals surface area contributed by atoms with Crippen molar-refractivity contribution in [2.75, 3.05) is 5.32 Å². The number of aryl methyl sites for hydroxylation is 2. The lowest BCUT2D eigenvalue weighted by atomic mass is 10.1. The molecule has 0 saturated heterocycles. The number of benzene rings is 1. The summed E-state index contributed by atoms with van der Waals surface area (Å²) < 4.78 is 2.19. The Morgan fingerprint density at radius 1 is 1.21 bits per heavy atom. The van der Waals surface area contributed by atoms with Crippen LogP contribution in [0.25, 0.3) is 0 Å². The minimum atomic E-state index is 0.689. The van der Waals surface area contributed by atoms with Gasteiger partial charge in [-0.25, -0.2) is 0 Å². The third-order valence-electron chi connectivity index (χ3n) is 3.72. The van der Waals surface area contributed by atoms with Gasteiger partial charge in [-0.1, -0.05) is 6.07 Å². The van der Waals surface area contributed by atoms with Crippen LogP contribution in [0.1, 0.15) is 28.1 Å². The van der Waals surface area contributed by atoms with Gasteiger partial charge in [-0.3, -0.25) is 0 Å². The van der Waals surface area contributed by atoms with Gasteiger partial charge >= 0.3 is 0 Å². The molecular weight excluding hydrogens is 234 g/mol. The summed E-state index contributed by atoms with van der Waals surface area (Å²) >= 11 is 0. The van der Waals surface area contributed by atoms with Crippen LogP contribution >= 0.6 is 0 Å². The Morgan fingerprint density at radius 3 is 2.53 bits per heavy atom. The summed E-state index contributed by atoms with van der Waals surface area (Å²) in [5, 5.41) is 12.4. The van der Waals surface area contributed by atoms with Gasteiger partial charge in [-0.15, -0.1) is 0 Å². The lowest BCUT2D eigenvalue weighted by Gasteiger charge is -2.10. The highest BCUT2D eigenvalue weighted by Gasteiger charge is 2.06. The zero-order valence-electron chi connectivity index (χ0n) is 11.9. The Hall–Kier alpha value is -2.21. The standard InChI is InChI=1S/C16H19N3/c1-11-5-6-14(9-17)8-16(11)18-10-15-7-12(2)19(4)13(15)3/h5-8,18H,10H2,1-4H3. The fraction of sp³-hybridized carbons (Fsp3) is 0.312. The van der Waals surface area contributed by atoms with Crippen molar-refractivity contribution in [3.63, 3.8) is 0 Å². The molecule has 0 radical (unpaired) electrons. The van der Waals surface area contributed by atoms with Gasteiger partial charge < -0.3 is 9.88 Å². The Balaban J connectivity index is 2.19. The molecule has 1 N–H and O–H groups in total. The van der Waals surface area contributed by atoms with E-state index in [1.807, 2.05) is 25.1 Å². The molecule has 2 rings (SSSR count). The number of rotatable bonds is 3. The summed E-state index contributed by atoms with van der Waals surface area (Å²) in [4.78, 5) is 0. The first kappa shape index (κ1) is 13.2. The van der Waals surface area contributed by atoms with Crippen molar-refractivity contribution in [3.8, 4) is 6.07 Å². The number of hydrogen-bond acceptors (Lipinski definition) is 2. The number of hydrogen-bond donors (Lipinski definition) is 1. The van der Waals surface area contributed by atoms with Crippen LogP contribution in [0.5, 0.6) is 0 Å². The molecule has 0 spiro atoms. The molecule has 0 atom stereocenters. The van der Waals surface area contributed by atoms with Gasteiger partial charge in [-0.05, 0) is 50.1 Å². The predicted octanol–water partition coefficient (Wildman–Crippen LogP) is 3.43. The maximum absolute atomic E-state index is 8.94. The second-order valence-corrected chi connectivity index (χ2v) is 4.95. The second-order valence-electron chi connectivity index (χ2n) is 4.95. The van der Waals surface area contributed by atoms with Crippen molar-refractivity contribution in [3.05, 3.63) is 52.3 Å². The molecule has 3 heteroatoms. The highest BCUT2D eigenvalue weighted by molar-refractivity contribution is 5.55. The van der Waals surface area contributed by atoms with E-state index >= 15 is 0 Å². The zero-order chi connectivity index (χ0) is 14.0. The molecule has 0 aliphatic heterocycles. The highest BCUT2D eigenvalue weighted by Crippen LogP contribution is 2.19. The molecule has 0 unspecified atom stereocenters. The Bertz CT molecular complexity index is 645. The summed E-state index contributed by atoms with van der Waals surface area (Å²) in [6.07, 6.45) is 0. The topological polar surface area (TPSA) is 40.8 Å². The first-order valence-corrected chi connectivity index (χ1v) is 6.39. The lowest BCUT2D eigenvalue weighted by molar-refractivity contribution is 0.837. The molecule has 3 nitrogen and oxygen atoms in total. The quantitative estimate of drug-likeness (QED) is 0.910. The van der Waals surface area contributed by atoms with Gasteiger partial charge in [-0.2, -0.15) is 5.26 Å². The number of nitrogens with zero attached hydrogens (tertiary/aromatic N) is 2. The van der Waals surface area contributed by atoms with E-state index in [2.05, 4.69) is 42.9 Å². The third-order valence-corrected chi connectivity index (χ3v) is 3.72. The Morgan fingerprint density at radius 2 is 1.95 bits per heavy atom. The molecule has 0 fully saturated rings. The molecule has 0 saturated carbocycles. The van der Waals surface area contributed by atoms with E-state index in [0.29, 0.717) is 5.56 Å². The predicted molar refractivity (Wildman–Crippen MR) is 78.1 cm³/mol. The summed E-state index contributed by atoms with van der Waals surface area (Å²) in [5.41, 5.74) is 6.70. The first-order valence-electron chi connectivity index (χ1n) is 6.39. The van der Waals surface area contributed by atoms with Crippen LogP contribution in [0.15, 0.2) is 24.3 Å². The van der Waals surface area contributed by atoms with E-state index < -0.39 is 0 Å². The van der Waals surface area contributed by atoms with Crippen molar-refractivity contribution in [1.82, 2.24) is 4.57 Å². The van der Waals surface area contributed by atoms with Crippen molar-refractivity contribution < 1.29 is 0 Å². The van der Waals surface area contributed by atoms with Crippen molar-refractivity contribution >= 4 is 5.69 Å². The normalized spacial score (nSPS) is 10.3. The second kappa shape index (κ2) is 5.19. The molecule has 0 bridgehead atoms. The van der Waals surface area contributed by atoms with Crippen LogP contribution < -0.4 is 5.32 Å². The molecule has 98 valence electrons. The smallest absolute Gasteiger partial charge is 0.0992 e. The lowest BCUT2D eigenvalue weighted by Crippen LogP contribution is -2.03. The van der Waals surface area contributed by atoms with Gasteiger partial charge in [0.2, 0.25) is 0 Å². The SMILES string of the molecule is Cc1ccc(C#N)cc1NCc1cc(C)n(C)c1C. The molecule has 0 aliphatic rings. The molecular formula is C16H19N3. The van der Waals surface area contributed by atoms with E-state index in [1.165, 1.54) is 17.0 Å². The number of nitriles is 1. The minimum absolute atomic E-state index is 0.689.